The molecular weight excluding hydrogens is 396 g/mol. The number of nitrogens with one attached hydrogen (secondary N) is 1. The highest BCUT2D eigenvalue weighted by Crippen LogP contribution is 2.33. The number of fused-ring (bicyclic) bond motifs is 1. The van der Waals surface area contributed by atoms with Crippen molar-refractivity contribution in [1.82, 2.24) is 9.62 Å². The highest BCUT2D eigenvalue weighted by Gasteiger charge is 2.23. The van der Waals surface area contributed by atoms with Crippen molar-refractivity contribution in [2.75, 3.05) is 48.1 Å². The summed E-state index contributed by atoms with van der Waals surface area (Å²) in [4.78, 5) is 2.07. The summed E-state index contributed by atoms with van der Waals surface area (Å²) in [6.07, 6.45) is 0. The minimum Gasteiger partial charge on any atom is -0.493 e. The topological polar surface area (TPSA) is 86.3 Å². The van der Waals surface area contributed by atoms with E-state index in [1.807, 2.05) is 31.1 Å². The largest absolute Gasteiger partial charge is 0.493 e. The van der Waals surface area contributed by atoms with E-state index >= 15 is 0 Å². The number of rotatable bonds is 8. The van der Waals surface area contributed by atoms with Crippen LogP contribution in [0.25, 0.3) is 0 Å². The van der Waals surface area contributed by atoms with E-state index in [0.717, 1.165) is 5.56 Å². The second-order valence-corrected chi connectivity index (χ2v) is 8.52. The molecule has 9 heteroatoms. The third-order valence-corrected chi connectivity index (χ3v) is 6.13. The lowest BCUT2D eigenvalue weighted by Gasteiger charge is -2.26. The van der Waals surface area contributed by atoms with Crippen LogP contribution in [-0.2, 0) is 10.0 Å². The van der Waals surface area contributed by atoms with Crippen molar-refractivity contribution in [3.63, 3.8) is 0 Å². The zero-order valence-corrected chi connectivity index (χ0v) is 17.8. The van der Waals surface area contributed by atoms with Crippen LogP contribution in [0, 0.1) is 0 Å². The number of hydrogen-bond acceptors (Lipinski definition) is 7. The highest BCUT2D eigenvalue weighted by molar-refractivity contribution is 7.89. The van der Waals surface area contributed by atoms with E-state index in [1.54, 1.807) is 26.4 Å². The minimum atomic E-state index is -3.73. The molecule has 1 atom stereocenters. The average molecular weight is 423 g/mol. The molecule has 1 N–H and O–H groups in total. The fourth-order valence-corrected chi connectivity index (χ4v) is 4.17. The Morgan fingerprint density at radius 3 is 2.34 bits per heavy atom. The van der Waals surface area contributed by atoms with Crippen molar-refractivity contribution in [2.45, 2.75) is 10.9 Å². The average Bonchev–Trinajstić information content (AvgIpc) is 2.73. The standard InChI is InChI=1S/C20H26N2O6S/c1-22(2)16(14-5-7-17(25-3)19(11-14)26-4)13-21-29(23,24)15-6-8-18-20(12-15)28-10-9-27-18/h5-8,11-12,16,21H,9-10,13H2,1-4H3/t16-/m1/s1. The third kappa shape index (κ3) is 4.75. The number of hydrogen-bond donors (Lipinski definition) is 1. The predicted octanol–water partition coefficient (Wildman–Crippen LogP) is 2.06. The number of ether oxygens (including phenoxy) is 4. The van der Waals surface area contributed by atoms with Gasteiger partial charge in [-0.2, -0.15) is 0 Å². The molecule has 0 saturated heterocycles. The molecule has 1 heterocycles. The Hall–Kier alpha value is -2.49. The lowest BCUT2D eigenvalue weighted by atomic mass is 10.1. The molecule has 0 amide bonds. The molecule has 0 bridgehead atoms. The molecule has 3 rings (SSSR count). The number of likely N-dealkylation sites (N-methyl/N-ethyl adjacent to an activating group) is 1. The lowest BCUT2D eigenvalue weighted by Crippen LogP contribution is -2.34. The molecule has 0 saturated carbocycles. The SMILES string of the molecule is COc1ccc([C@@H](CNS(=O)(=O)c2ccc3c(c2)OCCO3)N(C)C)cc1OC. The van der Waals surface area contributed by atoms with E-state index in [9.17, 15) is 8.42 Å². The number of sulfonamides is 1. The van der Waals surface area contributed by atoms with Gasteiger partial charge < -0.3 is 23.8 Å². The van der Waals surface area contributed by atoms with Gasteiger partial charge in [-0.3, -0.25) is 0 Å². The van der Waals surface area contributed by atoms with Gasteiger partial charge >= 0.3 is 0 Å². The summed E-state index contributed by atoms with van der Waals surface area (Å²) in [5, 5.41) is 0. The molecule has 0 radical (unpaired) electrons. The summed E-state index contributed by atoms with van der Waals surface area (Å²) in [6.45, 7) is 1.03. The molecule has 2 aromatic rings. The molecule has 0 fully saturated rings. The van der Waals surface area contributed by atoms with Gasteiger partial charge in [0.2, 0.25) is 10.0 Å². The second kappa shape index (κ2) is 8.89. The third-order valence-electron chi connectivity index (χ3n) is 4.71. The lowest BCUT2D eigenvalue weighted by molar-refractivity contribution is 0.171. The van der Waals surface area contributed by atoms with E-state index < -0.39 is 10.0 Å². The quantitative estimate of drug-likeness (QED) is 0.697. The van der Waals surface area contributed by atoms with Crippen LogP contribution < -0.4 is 23.7 Å². The van der Waals surface area contributed by atoms with E-state index in [2.05, 4.69) is 4.72 Å². The Morgan fingerprint density at radius 1 is 1.00 bits per heavy atom. The van der Waals surface area contributed by atoms with Gasteiger partial charge in [-0.15, -0.1) is 0 Å². The maximum atomic E-state index is 12.8. The summed E-state index contributed by atoms with van der Waals surface area (Å²) in [5.74, 6) is 2.19. The first-order chi connectivity index (χ1) is 13.9. The maximum Gasteiger partial charge on any atom is 0.240 e. The molecule has 2 aromatic carbocycles. The number of nitrogens with zero attached hydrogens (tertiary/aromatic N) is 1. The minimum absolute atomic E-state index is 0.131. The molecule has 0 aromatic heterocycles. The predicted molar refractivity (Wildman–Crippen MR) is 109 cm³/mol. The first-order valence-electron chi connectivity index (χ1n) is 9.13. The summed E-state index contributed by atoms with van der Waals surface area (Å²) >= 11 is 0. The molecule has 1 aliphatic heterocycles. The molecule has 8 nitrogen and oxygen atoms in total. The van der Waals surface area contributed by atoms with Gasteiger partial charge in [0.25, 0.3) is 0 Å². The molecule has 0 unspecified atom stereocenters. The van der Waals surface area contributed by atoms with Crippen LogP contribution in [0.15, 0.2) is 41.3 Å². The van der Waals surface area contributed by atoms with Crippen molar-refractivity contribution < 1.29 is 27.4 Å². The second-order valence-electron chi connectivity index (χ2n) is 6.75. The molecule has 158 valence electrons. The van der Waals surface area contributed by atoms with Gasteiger partial charge in [-0.05, 0) is 43.9 Å². The van der Waals surface area contributed by atoms with E-state index in [1.165, 1.54) is 12.1 Å². The highest BCUT2D eigenvalue weighted by atomic mass is 32.2. The van der Waals surface area contributed by atoms with Crippen LogP contribution >= 0.6 is 0 Å². The van der Waals surface area contributed by atoms with Gasteiger partial charge in [0, 0.05) is 18.7 Å². The number of methoxy groups -OCH3 is 2. The zero-order chi connectivity index (χ0) is 21.0. The summed E-state index contributed by atoms with van der Waals surface area (Å²) in [7, 11) is 3.19. The molecule has 0 aliphatic carbocycles. The van der Waals surface area contributed by atoms with Crippen molar-refractivity contribution >= 4 is 10.0 Å². The van der Waals surface area contributed by atoms with Gasteiger partial charge in [0.15, 0.2) is 23.0 Å². The maximum absolute atomic E-state index is 12.8. The van der Waals surface area contributed by atoms with Crippen molar-refractivity contribution in [3.05, 3.63) is 42.0 Å². The van der Waals surface area contributed by atoms with E-state index in [0.29, 0.717) is 36.2 Å². The zero-order valence-electron chi connectivity index (χ0n) is 17.0. The number of benzene rings is 2. The van der Waals surface area contributed by atoms with Gasteiger partial charge in [-0.1, -0.05) is 6.07 Å². The normalized spacial score (nSPS) is 14.5. The van der Waals surface area contributed by atoms with Gasteiger partial charge in [-0.25, -0.2) is 13.1 Å². The Bertz CT molecular complexity index is 961. The molecule has 29 heavy (non-hydrogen) atoms. The Labute approximate surface area is 171 Å². The van der Waals surface area contributed by atoms with Crippen LogP contribution in [-0.4, -0.2) is 61.4 Å². The molecule has 0 spiro atoms. The van der Waals surface area contributed by atoms with E-state index in [-0.39, 0.29) is 17.5 Å². The first-order valence-corrected chi connectivity index (χ1v) is 10.6. The first kappa shape index (κ1) is 21.2. The summed E-state index contributed by atoms with van der Waals surface area (Å²) in [6, 6.07) is 9.95. The van der Waals surface area contributed by atoms with Crippen molar-refractivity contribution in [2.24, 2.45) is 0 Å². The monoisotopic (exact) mass is 422 g/mol. The Balaban J connectivity index is 1.80. The van der Waals surface area contributed by atoms with Crippen molar-refractivity contribution in [1.29, 1.82) is 0 Å². The van der Waals surface area contributed by atoms with Crippen molar-refractivity contribution in [3.8, 4) is 23.0 Å². The Kier molecular flexibility index (Phi) is 6.51. The fraction of sp³-hybridized carbons (Fsp3) is 0.400. The van der Waals surface area contributed by atoms with Crippen LogP contribution in [0.5, 0.6) is 23.0 Å². The van der Waals surface area contributed by atoms with Crippen LogP contribution in [0.1, 0.15) is 11.6 Å². The molecule has 1 aliphatic rings. The fourth-order valence-electron chi connectivity index (χ4n) is 3.12. The smallest absolute Gasteiger partial charge is 0.240 e. The van der Waals surface area contributed by atoms with E-state index in [4.69, 9.17) is 18.9 Å². The Morgan fingerprint density at radius 2 is 1.69 bits per heavy atom. The van der Waals surface area contributed by atoms with Crippen LogP contribution in [0.3, 0.4) is 0 Å². The summed E-state index contributed by atoms with van der Waals surface area (Å²) < 4.78 is 49.9. The molecular formula is C20H26N2O6S. The van der Waals surface area contributed by atoms with Gasteiger partial charge in [0.05, 0.1) is 19.1 Å². The van der Waals surface area contributed by atoms with Crippen LogP contribution in [0.2, 0.25) is 0 Å². The van der Waals surface area contributed by atoms with Crippen LogP contribution in [0.4, 0.5) is 0 Å². The summed E-state index contributed by atoms with van der Waals surface area (Å²) in [5.41, 5.74) is 0.900. The van der Waals surface area contributed by atoms with Gasteiger partial charge in [0.1, 0.15) is 13.2 Å².